The van der Waals surface area contributed by atoms with E-state index in [0.717, 1.165) is 11.3 Å². The average molecular weight is 330 g/mol. The number of para-hydroxylation sites is 1. The monoisotopic (exact) mass is 330 g/mol. The zero-order valence-corrected chi connectivity index (χ0v) is 13.5. The van der Waals surface area contributed by atoms with Crippen LogP contribution in [-0.4, -0.2) is 27.2 Å². The Morgan fingerprint density at radius 2 is 2.21 bits per heavy atom. The van der Waals surface area contributed by atoms with Crippen molar-refractivity contribution in [3.63, 3.8) is 0 Å². The molecule has 1 aromatic carbocycles. The van der Waals surface area contributed by atoms with Crippen LogP contribution in [0.2, 0.25) is 0 Å². The summed E-state index contributed by atoms with van der Waals surface area (Å²) in [7, 11) is 0. The predicted octanol–water partition coefficient (Wildman–Crippen LogP) is 2.05. The Kier molecular flexibility index (Phi) is 4.20. The highest BCUT2D eigenvalue weighted by Crippen LogP contribution is 2.31. The molecule has 0 aliphatic carbocycles. The van der Waals surface area contributed by atoms with Crippen LogP contribution in [0.4, 0.5) is 5.69 Å². The Hall–Kier alpha value is -2.90. The number of hydrogen-bond donors (Lipinski definition) is 1. The third kappa shape index (κ3) is 2.94. The number of rotatable bonds is 4. The second kappa shape index (κ2) is 6.31. The lowest BCUT2D eigenvalue weighted by atomic mass is 10.0. The number of fused-ring (bicyclic) bond motifs is 1. The van der Waals surface area contributed by atoms with Crippen molar-refractivity contribution in [2.45, 2.75) is 32.9 Å². The van der Waals surface area contributed by atoms with Gasteiger partial charge in [0, 0.05) is 12.0 Å². The van der Waals surface area contributed by atoms with E-state index in [1.165, 1.54) is 4.68 Å². The van der Waals surface area contributed by atoms with Gasteiger partial charge in [-0.3, -0.25) is 19.6 Å². The minimum atomic E-state index is -0.471. The number of aryl methyl sites for hydroxylation is 1. The summed E-state index contributed by atoms with van der Waals surface area (Å²) >= 11 is 0. The first-order valence-corrected chi connectivity index (χ1v) is 7.67. The Labute approximate surface area is 138 Å². The summed E-state index contributed by atoms with van der Waals surface area (Å²) in [5.74, 6) is 0.535. The first-order chi connectivity index (χ1) is 11.5. The minimum absolute atomic E-state index is 0.0424. The van der Waals surface area contributed by atoms with Gasteiger partial charge in [-0.2, -0.15) is 5.10 Å². The summed E-state index contributed by atoms with van der Waals surface area (Å²) in [5.41, 5.74) is 1.58. The van der Waals surface area contributed by atoms with Gasteiger partial charge in [-0.25, -0.2) is 0 Å². The van der Waals surface area contributed by atoms with E-state index in [1.807, 2.05) is 24.3 Å². The summed E-state index contributed by atoms with van der Waals surface area (Å²) in [6.45, 7) is 3.64. The number of amides is 1. The normalized spacial score (nSPS) is 16.2. The van der Waals surface area contributed by atoms with Crippen LogP contribution in [0, 0.1) is 24.0 Å². The third-order valence-corrected chi connectivity index (χ3v) is 4.11. The molecular formula is C16H18N4O4. The number of carbonyl (C=O) groups is 1. The highest BCUT2D eigenvalue weighted by atomic mass is 16.6. The molecule has 1 aliphatic heterocycles. The molecule has 2 heterocycles. The lowest BCUT2D eigenvalue weighted by Gasteiger charge is -2.26. The molecular weight excluding hydrogens is 312 g/mol. The van der Waals surface area contributed by atoms with Crippen molar-refractivity contribution in [2.24, 2.45) is 0 Å². The molecule has 0 saturated heterocycles. The summed E-state index contributed by atoms with van der Waals surface area (Å²) < 4.78 is 6.94. The van der Waals surface area contributed by atoms with Gasteiger partial charge in [0.1, 0.15) is 23.7 Å². The van der Waals surface area contributed by atoms with Crippen LogP contribution in [-0.2, 0) is 11.3 Å². The second-order valence-electron chi connectivity index (χ2n) is 5.73. The number of benzene rings is 1. The van der Waals surface area contributed by atoms with Gasteiger partial charge < -0.3 is 10.1 Å². The van der Waals surface area contributed by atoms with Crippen LogP contribution in [0.5, 0.6) is 5.75 Å². The fourth-order valence-corrected chi connectivity index (χ4v) is 2.97. The van der Waals surface area contributed by atoms with Crippen LogP contribution >= 0.6 is 0 Å². The first-order valence-electron chi connectivity index (χ1n) is 7.67. The second-order valence-corrected chi connectivity index (χ2v) is 5.73. The van der Waals surface area contributed by atoms with Crippen molar-refractivity contribution >= 4 is 11.6 Å². The molecule has 1 atom stereocenters. The van der Waals surface area contributed by atoms with E-state index < -0.39 is 4.92 Å². The largest absolute Gasteiger partial charge is 0.493 e. The molecule has 1 N–H and O–H groups in total. The molecule has 0 bridgehead atoms. The zero-order valence-electron chi connectivity index (χ0n) is 13.5. The number of nitrogens with one attached hydrogen (secondary N) is 1. The number of aromatic nitrogens is 2. The highest BCUT2D eigenvalue weighted by Gasteiger charge is 2.25. The van der Waals surface area contributed by atoms with E-state index in [1.54, 1.807) is 13.8 Å². The molecule has 1 aliphatic rings. The fraction of sp³-hybridized carbons (Fsp3) is 0.375. The van der Waals surface area contributed by atoms with Gasteiger partial charge in [-0.15, -0.1) is 0 Å². The highest BCUT2D eigenvalue weighted by molar-refractivity contribution is 5.76. The van der Waals surface area contributed by atoms with Gasteiger partial charge in [0.05, 0.1) is 17.6 Å². The Morgan fingerprint density at radius 3 is 2.92 bits per heavy atom. The fourth-order valence-electron chi connectivity index (χ4n) is 2.97. The third-order valence-electron chi connectivity index (χ3n) is 4.11. The maximum absolute atomic E-state index is 12.4. The van der Waals surface area contributed by atoms with Crippen molar-refractivity contribution in [2.75, 3.05) is 6.61 Å². The Morgan fingerprint density at radius 1 is 1.46 bits per heavy atom. The van der Waals surface area contributed by atoms with Crippen LogP contribution in [0.3, 0.4) is 0 Å². The van der Waals surface area contributed by atoms with E-state index in [2.05, 4.69) is 10.4 Å². The number of ether oxygens (including phenoxy) is 1. The maximum Gasteiger partial charge on any atom is 0.312 e. The molecule has 8 heteroatoms. The minimum Gasteiger partial charge on any atom is -0.493 e. The Bertz CT molecular complexity index is 799. The molecule has 0 fully saturated rings. The van der Waals surface area contributed by atoms with Crippen LogP contribution in [0.15, 0.2) is 24.3 Å². The molecule has 24 heavy (non-hydrogen) atoms. The SMILES string of the molecule is Cc1nn(CC(=O)N[C@@H]2CCOc3ccccc32)c(C)c1[N+](=O)[O-]. The van der Waals surface area contributed by atoms with Gasteiger partial charge in [0.15, 0.2) is 0 Å². The molecule has 0 unspecified atom stereocenters. The topological polar surface area (TPSA) is 99.3 Å². The maximum atomic E-state index is 12.4. The summed E-state index contributed by atoms with van der Waals surface area (Å²) in [6.07, 6.45) is 0.681. The van der Waals surface area contributed by atoms with Crippen molar-refractivity contribution in [1.82, 2.24) is 15.1 Å². The predicted molar refractivity (Wildman–Crippen MR) is 85.8 cm³/mol. The zero-order chi connectivity index (χ0) is 17.3. The number of nitrogens with zero attached hydrogens (tertiary/aromatic N) is 3. The molecule has 0 radical (unpaired) electrons. The quantitative estimate of drug-likeness (QED) is 0.683. The first kappa shape index (κ1) is 16.0. The van der Waals surface area contributed by atoms with Gasteiger partial charge in [0.25, 0.3) is 0 Å². The summed E-state index contributed by atoms with van der Waals surface area (Å²) in [6, 6.07) is 7.45. The lowest BCUT2D eigenvalue weighted by molar-refractivity contribution is -0.386. The van der Waals surface area contributed by atoms with Crippen LogP contribution in [0.25, 0.3) is 0 Å². The lowest BCUT2D eigenvalue weighted by Crippen LogP contribution is -2.34. The molecule has 0 spiro atoms. The van der Waals surface area contributed by atoms with Gasteiger partial charge in [0.2, 0.25) is 5.91 Å². The molecule has 2 aromatic rings. The van der Waals surface area contributed by atoms with Crippen LogP contribution < -0.4 is 10.1 Å². The average Bonchev–Trinajstić information content (AvgIpc) is 2.81. The van der Waals surface area contributed by atoms with Crippen molar-refractivity contribution < 1.29 is 14.5 Å². The van der Waals surface area contributed by atoms with E-state index in [4.69, 9.17) is 4.74 Å². The number of nitro groups is 1. The number of hydrogen-bond acceptors (Lipinski definition) is 5. The molecule has 8 nitrogen and oxygen atoms in total. The Balaban J connectivity index is 1.74. The van der Waals surface area contributed by atoms with Crippen molar-refractivity contribution in [3.8, 4) is 5.75 Å². The van der Waals surface area contributed by atoms with E-state index >= 15 is 0 Å². The standard InChI is InChI=1S/C16H18N4O4/c1-10-16(20(22)23)11(2)19(18-10)9-15(21)17-13-7-8-24-14-6-4-3-5-12(13)14/h3-6,13H,7-9H2,1-2H3,(H,17,21)/t13-/m1/s1. The van der Waals surface area contributed by atoms with E-state index in [0.29, 0.717) is 24.4 Å². The molecule has 0 saturated carbocycles. The van der Waals surface area contributed by atoms with Crippen molar-refractivity contribution in [3.05, 3.63) is 51.3 Å². The number of carbonyl (C=O) groups excluding carboxylic acids is 1. The molecule has 3 rings (SSSR count). The van der Waals surface area contributed by atoms with E-state index in [-0.39, 0.29) is 24.2 Å². The smallest absolute Gasteiger partial charge is 0.312 e. The molecule has 1 aromatic heterocycles. The van der Waals surface area contributed by atoms with E-state index in [9.17, 15) is 14.9 Å². The summed E-state index contributed by atoms with van der Waals surface area (Å²) in [4.78, 5) is 22.9. The van der Waals surface area contributed by atoms with Crippen LogP contribution in [0.1, 0.15) is 29.4 Å². The van der Waals surface area contributed by atoms with Gasteiger partial charge >= 0.3 is 5.69 Å². The van der Waals surface area contributed by atoms with Gasteiger partial charge in [-0.05, 0) is 19.9 Å². The molecule has 1 amide bonds. The summed E-state index contributed by atoms with van der Waals surface area (Å²) in [5, 5.41) is 18.1. The molecule has 126 valence electrons. The van der Waals surface area contributed by atoms with Gasteiger partial charge in [-0.1, -0.05) is 18.2 Å². The van der Waals surface area contributed by atoms with Crippen molar-refractivity contribution in [1.29, 1.82) is 0 Å².